The van der Waals surface area contributed by atoms with Crippen molar-refractivity contribution in [1.29, 1.82) is 0 Å². The van der Waals surface area contributed by atoms with E-state index in [0.29, 0.717) is 0 Å². The van der Waals surface area contributed by atoms with Crippen LogP contribution in [-0.2, 0) is 0 Å². The van der Waals surface area contributed by atoms with Crippen molar-refractivity contribution in [3.8, 4) is 11.8 Å². The fourth-order valence-corrected chi connectivity index (χ4v) is 2.11. The summed E-state index contributed by atoms with van der Waals surface area (Å²) in [5.41, 5.74) is 0. The van der Waals surface area contributed by atoms with E-state index in [4.69, 9.17) is 0 Å². The fourth-order valence-electron chi connectivity index (χ4n) is 2.11. The third kappa shape index (κ3) is 7.57. The van der Waals surface area contributed by atoms with Crippen LogP contribution in [0.2, 0.25) is 0 Å². The summed E-state index contributed by atoms with van der Waals surface area (Å²) >= 11 is 0. The zero-order chi connectivity index (χ0) is 11.5. The minimum Gasteiger partial charge on any atom is -0.103 e. The van der Waals surface area contributed by atoms with E-state index < -0.39 is 0 Å². The molecule has 0 aromatic carbocycles. The lowest BCUT2D eigenvalue weighted by molar-refractivity contribution is 0.585. The lowest BCUT2D eigenvalue weighted by Gasteiger charge is -2.04. The Hall–Kier alpha value is -0.700. The van der Waals surface area contributed by atoms with E-state index in [9.17, 15) is 0 Å². The molecular formula is C16H26. The summed E-state index contributed by atoms with van der Waals surface area (Å²) in [6.45, 7) is 2.33. The van der Waals surface area contributed by atoms with Gasteiger partial charge in [-0.15, -0.1) is 11.8 Å². The second kappa shape index (κ2) is 9.52. The summed E-state index contributed by atoms with van der Waals surface area (Å²) in [4.78, 5) is 0. The van der Waals surface area contributed by atoms with Crippen molar-refractivity contribution in [2.75, 3.05) is 0 Å². The molecule has 0 aromatic rings. The van der Waals surface area contributed by atoms with Crippen molar-refractivity contribution >= 4 is 0 Å². The Bertz CT molecular complexity index is 238. The van der Waals surface area contributed by atoms with E-state index >= 15 is 0 Å². The fraction of sp³-hybridized carbons (Fsp3) is 0.750. The predicted molar refractivity (Wildman–Crippen MR) is 72.3 cm³/mol. The SMILES string of the molecule is CC1C=CCCCCCCC#CCCCC1. The van der Waals surface area contributed by atoms with E-state index in [1.165, 1.54) is 51.4 Å². The van der Waals surface area contributed by atoms with Crippen LogP contribution in [0.5, 0.6) is 0 Å². The van der Waals surface area contributed by atoms with E-state index in [2.05, 4.69) is 30.9 Å². The molecule has 0 saturated heterocycles. The monoisotopic (exact) mass is 218 g/mol. The van der Waals surface area contributed by atoms with Gasteiger partial charge in [-0.05, 0) is 38.0 Å². The van der Waals surface area contributed by atoms with E-state index in [1.54, 1.807) is 0 Å². The van der Waals surface area contributed by atoms with Crippen LogP contribution in [0.4, 0.5) is 0 Å². The van der Waals surface area contributed by atoms with Gasteiger partial charge in [-0.1, -0.05) is 38.3 Å². The molecule has 0 heterocycles. The second-order valence-corrected chi connectivity index (χ2v) is 4.96. The van der Waals surface area contributed by atoms with Crippen LogP contribution in [0.1, 0.15) is 71.1 Å². The largest absolute Gasteiger partial charge is 0.103 e. The van der Waals surface area contributed by atoms with Crippen LogP contribution in [-0.4, -0.2) is 0 Å². The van der Waals surface area contributed by atoms with Gasteiger partial charge >= 0.3 is 0 Å². The molecule has 0 nitrogen and oxygen atoms in total. The van der Waals surface area contributed by atoms with Crippen molar-refractivity contribution in [3.05, 3.63) is 12.2 Å². The Morgan fingerprint density at radius 3 is 2.38 bits per heavy atom. The average Bonchev–Trinajstić information content (AvgIpc) is 2.29. The zero-order valence-corrected chi connectivity index (χ0v) is 10.8. The first-order valence-electron chi connectivity index (χ1n) is 7.02. The number of allylic oxidation sites excluding steroid dienone is 2. The van der Waals surface area contributed by atoms with Gasteiger partial charge in [0, 0.05) is 12.8 Å². The number of rotatable bonds is 0. The average molecular weight is 218 g/mol. The maximum absolute atomic E-state index is 3.30. The van der Waals surface area contributed by atoms with Crippen LogP contribution in [0, 0.1) is 17.8 Å². The Morgan fingerprint density at radius 1 is 0.875 bits per heavy atom. The first-order valence-corrected chi connectivity index (χ1v) is 7.02. The molecule has 0 N–H and O–H groups in total. The molecule has 16 heavy (non-hydrogen) atoms. The Morgan fingerprint density at radius 2 is 1.56 bits per heavy atom. The quantitative estimate of drug-likeness (QED) is 0.392. The molecule has 1 unspecified atom stereocenters. The summed E-state index contributed by atoms with van der Waals surface area (Å²) < 4.78 is 0. The van der Waals surface area contributed by atoms with Crippen LogP contribution in [0.25, 0.3) is 0 Å². The molecule has 0 aromatic heterocycles. The van der Waals surface area contributed by atoms with E-state index in [1.807, 2.05) is 0 Å². The maximum atomic E-state index is 3.30. The highest BCUT2D eigenvalue weighted by molar-refractivity contribution is 4.98. The Kier molecular flexibility index (Phi) is 7.95. The van der Waals surface area contributed by atoms with Crippen molar-refractivity contribution < 1.29 is 0 Å². The summed E-state index contributed by atoms with van der Waals surface area (Å²) in [5.74, 6) is 7.36. The molecule has 0 saturated carbocycles. The Labute approximate surface area is 102 Å². The molecule has 0 amide bonds. The van der Waals surface area contributed by atoms with Crippen LogP contribution in [0.3, 0.4) is 0 Å². The Balaban J connectivity index is 2.28. The van der Waals surface area contributed by atoms with Gasteiger partial charge in [0.2, 0.25) is 0 Å². The maximum Gasteiger partial charge on any atom is 0.00886 e. The van der Waals surface area contributed by atoms with Crippen LogP contribution >= 0.6 is 0 Å². The standard InChI is InChI=1S/C16H26/c1-16-14-12-10-8-6-4-2-3-5-7-9-11-13-15-16/h12,14,16H,2-4,6,8-11,13,15H2,1H3. The normalized spacial score (nSPS) is 24.9. The number of hydrogen-bond donors (Lipinski definition) is 0. The summed E-state index contributed by atoms with van der Waals surface area (Å²) in [6.07, 6.45) is 17.6. The lowest BCUT2D eigenvalue weighted by atomic mass is 10.0. The molecular weight excluding hydrogens is 192 g/mol. The van der Waals surface area contributed by atoms with Gasteiger partial charge in [-0.2, -0.15) is 0 Å². The first kappa shape index (κ1) is 13.4. The van der Waals surface area contributed by atoms with Gasteiger partial charge in [0.05, 0.1) is 0 Å². The lowest BCUT2D eigenvalue weighted by Crippen LogP contribution is -1.89. The van der Waals surface area contributed by atoms with Gasteiger partial charge in [0.25, 0.3) is 0 Å². The molecule has 90 valence electrons. The van der Waals surface area contributed by atoms with Crippen LogP contribution < -0.4 is 0 Å². The zero-order valence-electron chi connectivity index (χ0n) is 10.8. The minimum absolute atomic E-state index is 0.762. The first-order chi connectivity index (χ1) is 7.89. The third-order valence-electron chi connectivity index (χ3n) is 3.22. The highest BCUT2D eigenvalue weighted by Crippen LogP contribution is 2.12. The van der Waals surface area contributed by atoms with Crippen molar-refractivity contribution in [2.24, 2.45) is 5.92 Å². The van der Waals surface area contributed by atoms with Gasteiger partial charge in [0.1, 0.15) is 0 Å². The van der Waals surface area contributed by atoms with Gasteiger partial charge in [0.15, 0.2) is 0 Å². The van der Waals surface area contributed by atoms with Crippen LogP contribution in [0.15, 0.2) is 12.2 Å². The van der Waals surface area contributed by atoms with Gasteiger partial charge in [-0.3, -0.25) is 0 Å². The molecule has 0 radical (unpaired) electrons. The molecule has 0 fully saturated rings. The molecule has 1 aliphatic rings. The van der Waals surface area contributed by atoms with Crippen molar-refractivity contribution in [2.45, 2.75) is 71.1 Å². The predicted octanol–water partition coefficient (Wildman–Crippen LogP) is 5.10. The minimum atomic E-state index is 0.762. The van der Waals surface area contributed by atoms with Gasteiger partial charge < -0.3 is 0 Å². The molecule has 1 atom stereocenters. The number of hydrogen-bond acceptors (Lipinski definition) is 0. The van der Waals surface area contributed by atoms with E-state index in [-0.39, 0.29) is 0 Å². The highest BCUT2D eigenvalue weighted by atomic mass is 14.0. The molecule has 0 bridgehead atoms. The van der Waals surface area contributed by atoms with Crippen molar-refractivity contribution in [1.82, 2.24) is 0 Å². The second-order valence-electron chi connectivity index (χ2n) is 4.96. The molecule has 1 aliphatic carbocycles. The summed E-state index contributed by atoms with van der Waals surface area (Å²) in [7, 11) is 0. The summed E-state index contributed by atoms with van der Waals surface area (Å²) in [6, 6.07) is 0. The molecule has 0 aliphatic heterocycles. The molecule has 0 heteroatoms. The van der Waals surface area contributed by atoms with E-state index in [0.717, 1.165) is 18.8 Å². The molecule has 1 rings (SSSR count). The third-order valence-corrected chi connectivity index (χ3v) is 3.22. The van der Waals surface area contributed by atoms with Gasteiger partial charge in [-0.25, -0.2) is 0 Å². The topological polar surface area (TPSA) is 0 Å². The smallest absolute Gasteiger partial charge is 0.00886 e. The summed E-state index contributed by atoms with van der Waals surface area (Å²) in [5, 5.41) is 0. The molecule has 0 spiro atoms. The highest BCUT2D eigenvalue weighted by Gasteiger charge is 1.96. The van der Waals surface area contributed by atoms with Crippen molar-refractivity contribution in [3.63, 3.8) is 0 Å².